The van der Waals surface area contributed by atoms with E-state index < -0.39 is 0 Å². The summed E-state index contributed by atoms with van der Waals surface area (Å²) in [5.41, 5.74) is 0. The van der Waals surface area contributed by atoms with Crippen LogP contribution in [0.25, 0.3) is 0 Å². The van der Waals surface area contributed by atoms with Crippen molar-refractivity contribution in [3.8, 4) is 0 Å². The molecule has 18 heavy (non-hydrogen) atoms. The fraction of sp³-hybridized carbons (Fsp3) is 0.833. The molecule has 0 aromatic carbocycles. The van der Waals surface area contributed by atoms with Gasteiger partial charge in [0.25, 0.3) is 0 Å². The first kappa shape index (κ1) is 14.9. The Balaban J connectivity index is 2.23. The summed E-state index contributed by atoms with van der Waals surface area (Å²) < 4.78 is 0. The van der Waals surface area contributed by atoms with Crippen molar-refractivity contribution in [3.63, 3.8) is 0 Å². The average Bonchev–Trinajstić information content (AvgIpc) is 2.33. The summed E-state index contributed by atoms with van der Waals surface area (Å²) in [5, 5.41) is 12.0. The Labute approximate surface area is 108 Å². The summed E-state index contributed by atoms with van der Waals surface area (Å²) in [6, 6.07) is 0. The van der Waals surface area contributed by atoms with E-state index in [9.17, 15) is 9.59 Å². The Bertz CT molecular complexity index is 234. The second kappa shape index (κ2) is 9.85. The van der Waals surface area contributed by atoms with Gasteiger partial charge in [0.05, 0.1) is 0 Å². The van der Waals surface area contributed by atoms with E-state index in [1.165, 1.54) is 6.42 Å². The van der Waals surface area contributed by atoms with Crippen molar-refractivity contribution in [2.75, 3.05) is 39.3 Å². The molecule has 0 saturated carbocycles. The van der Waals surface area contributed by atoms with Crippen LogP contribution in [0.1, 0.15) is 25.7 Å². The van der Waals surface area contributed by atoms with Crippen LogP contribution in [-0.4, -0.2) is 51.1 Å². The van der Waals surface area contributed by atoms with Crippen LogP contribution in [0.3, 0.4) is 0 Å². The highest BCUT2D eigenvalue weighted by Crippen LogP contribution is 1.92. The van der Waals surface area contributed by atoms with E-state index in [1.54, 1.807) is 0 Å². The molecular formula is C12H24N4O2. The lowest BCUT2D eigenvalue weighted by atomic mass is 10.2. The first-order valence-electron chi connectivity index (χ1n) is 6.74. The molecule has 6 nitrogen and oxygen atoms in total. The summed E-state index contributed by atoms with van der Waals surface area (Å²) in [5.74, 6) is -0.427. The minimum atomic E-state index is -0.214. The molecule has 0 aromatic heterocycles. The minimum absolute atomic E-state index is 0.0833. The predicted molar refractivity (Wildman–Crippen MR) is 70.2 cm³/mol. The summed E-state index contributed by atoms with van der Waals surface area (Å²) in [6.07, 6.45) is 3.43. The van der Waals surface area contributed by atoms with Crippen LogP contribution in [0.5, 0.6) is 0 Å². The van der Waals surface area contributed by atoms with Crippen LogP contribution in [0.4, 0.5) is 0 Å². The van der Waals surface area contributed by atoms with Crippen molar-refractivity contribution in [2.45, 2.75) is 25.7 Å². The van der Waals surface area contributed by atoms with Crippen molar-refractivity contribution < 1.29 is 9.59 Å². The van der Waals surface area contributed by atoms with E-state index in [4.69, 9.17) is 0 Å². The molecule has 1 aliphatic rings. The van der Waals surface area contributed by atoms with Crippen LogP contribution in [0.2, 0.25) is 0 Å². The van der Waals surface area contributed by atoms with Gasteiger partial charge >= 0.3 is 0 Å². The number of carbonyl (C=O) groups excluding carboxylic acids is 2. The third kappa shape index (κ3) is 8.03. The van der Waals surface area contributed by atoms with E-state index in [0.717, 1.165) is 39.0 Å². The number of hydrogen-bond donors (Lipinski definition) is 4. The van der Waals surface area contributed by atoms with Gasteiger partial charge in [0.1, 0.15) is 6.42 Å². The predicted octanol–water partition coefficient (Wildman–Crippen LogP) is -1.03. The molecule has 0 spiro atoms. The van der Waals surface area contributed by atoms with Gasteiger partial charge in [-0.3, -0.25) is 9.59 Å². The highest BCUT2D eigenvalue weighted by atomic mass is 16.2. The smallest absolute Gasteiger partial charge is 0.229 e. The van der Waals surface area contributed by atoms with Crippen molar-refractivity contribution in [2.24, 2.45) is 0 Å². The zero-order chi connectivity index (χ0) is 13.1. The van der Waals surface area contributed by atoms with Crippen LogP contribution >= 0.6 is 0 Å². The summed E-state index contributed by atoms with van der Waals surface area (Å²) >= 11 is 0. The van der Waals surface area contributed by atoms with Gasteiger partial charge < -0.3 is 21.3 Å². The lowest BCUT2D eigenvalue weighted by molar-refractivity contribution is -0.129. The van der Waals surface area contributed by atoms with Gasteiger partial charge in [0.2, 0.25) is 11.8 Å². The highest BCUT2D eigenvalue weighted by molar-refractivity contribution is 5.96. The topological polar surface area (TPSA) is 82.3 Å². The zero-order valence-corrected chi connectivity index (χ0v) is 10.9. The van der Waals surface area contributed by atoms with Gasteiger partial charge in [-0.25, -0.2) is 0 Å². The highest BCUT2D eigenvalue weighted by Gasteiger charge is 2.07. The Morgan fingerprint density at radius 2 is 1.11 bits per heavy atom. The third-order valence-electron chi connectivity index (χ3n) is 2.78. The molecule has 1 fully saturated rings. The number of carbonyl (C=O) groups is 2. The van der Waals surface area contributed by atoms with Gasteiger partial charge in [-0.2, -0.15) is 0 Å². The van der Waals surface area contributed by atoms with Gasteiger partial charge in [-0.1, -0.05) is 6.42 Å². The molecule has 0 bridgehead atoms. The molecule has 1 heterocycles. The molecule has 0 radical (unpaired) electrons. The van der Waals surface area contributed by atoms with Crippen LogP contribution in [0.15, 0.2) is 0 Å². The molecule has 104 valence electrons. The fourth-order valence-corrected chi connectivity index (χ4v) is 1.78. The Morgan fingerprint density at radius 3 is 1.61 bits per heavy atom. The quantitative estimate of drug-likeness (QED) is 0.418. The number of amides is 2. The molecule has 0 aliphatic carbocycles. The van der Waals surface area contributed by atoms with E-state index in [2.05, 4.69) is 21.3 Å². The van der Waals surface area contributed by atoms with Gasteiger partial charge in [0, 0.05) is 26.2 Å². The molecule has 4 N–H and O–H groups in total. The maximum atomic E-state index is 11.4. The molecule has 1 saturated heterocycles. The normalized spacial score (nSPS) is 22.0. The maximum Gasteiger partial charge on any atom is 0.229 e. The molecule has 2 amide bonds. The summed E-state index contributed by atoms with van der Waals surface area (Å²) in [6.45, 7) is 4.63. The fourth-order valence-electron chi connectivity index (χ4n) is 1.78. The van der Waals surface area contributed by atoms with Crippen LogP contribution < -0.4 is 21.3 Å². The standard InChI is InChI=1S/C12H24N4O2/c17-11-10-12(18)16-9-7-14-5-3-1-2-4-13-6-8-15-11/h13-14H,1-10H2,(H,15,17)(H,16,18). The Hall–Kier alpha value is -1.14. The van der Waals surface area contributed by atoms with E-state index in [-0.39, 0.29) is 18.2 Å². The van der Waals surface area contributed by atoms with E-state index in [1.807, 2.05) is 0 Å². The van der Waals surface area contributed by atoms with Crippen LogP contribution in [-0.2, 0) is 9.59 Å². The summed E-state index contributed by atoms with van der Waals surface area (Å²) in [7, 11) is 0. The first-order chi connectivity index (χ1) is 8.79. The lowest BCUT2D eigenvalue weighted by Crippen LogP contribution is -2.38. The average molecular weight is 256 g/mol. The number of nitrogens with one attached hydrogen (secondary N) is 4. The SMILES string of the molecule is O=C1CC(=O)NCCNCCCCCNCCN1. The van der Waals surface area contributed by atoms with Crippen molar-refractivity contribution in [1.82, 2.24) is 21.3 Å². The van der Waals surface area contributed by atoms with Crippen molar-refractivity contribution in [1.29, 1.82) is 0 Å². The molecular weight excluding hydrogens is 232 g/mol. The third-order valence-corrected chi connectivity index (χ3v) is 2.78. The largest absolute Gasteiger partial charge is 0.354 e. The number of rotatable bonds is 0. The van der Waals surface area contributed by atoms with E-state index >= 15 is 0 Å². The monoisotopic (exact) mass is 256 g/mol. The summed E-state index contributed by atoms with van der Waals surface area (Å²) in [4.78, 5) is 22.7. The minimum Gasteiger partial charge on any atom is -0.354 e. The molecule has 6 heteroatoms. The molecule has 0 unspecified atom stereocenters. The lowest BCUT2D eigenvalue weighted by Gasteiger charge is -2.10. The van der Waals surface area contributed by atoms with Crippen molar-refractivity contribution >= 4 is 11.8 Å². The van der Waals surface area contributed by atoms with E-state index in [0.29, 0.717) is 13.1 Å². The zero-order valence-electron chi connectivity index (χ0n) is 10.9. The Kier molecular flexibility index (Phi) is 8.16. The Morgan fingerprint density at radius 1 is 0.611 bits per heavy atom. The second-order valence-corrected chi connectivity index (χ2v) is 4.44. The first-order valence-corrected chi connectivity index (χ1v) is 6.74. The maximum absolute atomic E-state index is 11.4. The van der Waals surface area contributed by atoms with Gasteiger partial charge in [-0.15, -0.1) is 0 Å². The molecule has 0 aromatic rings. The van der Waals surface area contributed by atoms with Gasteiger partial charge in [0.15, 0.2) is 0 Å². The number of hydrogen-bond acceptors (Lipinski definition) is 4. The van der Waals surface area contributed by atoms with Crippen LogP contribution in [0, 0.1) is 0 Å². The molecule has 1 aliphatic heterocycles. The second-order valence-electron chi connectivity index (χ2n) is 4.44. The van der Waals surface area contributed by atoms with Gasteiger partial charge in [-0.05, 0) is 25.9 Å². The molecule has 1 rings (SSSR count). The van der Waals surface area contributed by atoms with Crippen molar-refractivity contribution in [3.05, 3.63) is 0 Å². The molecule has 0 atom stereocenters.